The van der Waals surface area contributed by atoms with Crippen LogP contribution in [0.5, 0.6) is 11.5 Å². The molecule has 136 valence electrons. The van der Waals surface area contributed by atoms with Gasteiger partial charge in [0.05, 0.1) is 22.6 Å². The minimum absolute atomic E-state index is 0.0481. The molecule has 2 amide bonds. The molecule has 25 heavy (non-hydrogen) atoms. The van der Waals surface area contributed by atoms with Crippen molar-refractivity contribution in [3.05, 3.63) is 27.6 Å². The molecule has 5 nitrogen and oxygen atoms in total. The number of halogens is 1. The summed E-state index contributed by atoms with van der Waals surface area (Å²) >= 11 is 7.28. The predicted molar refractivity (Wildman–Crippen MR) is 101 cm³/mol. The Morgan fingerprint density at radius 2 is 2.00 bits per heavy atom. The van der Waals surface area contributed by atoms with Crippen molar-refractivity contribution in [1.82, 2.24) is 4.90 Å². The summed E-state index contributed by atoms with van der Waals surface area (Å²) in [6.45, 7) is 8.49. The van der Waals surface area contributed by atoms with Crippen molar-refractivity contribution in [3.8, 4) is 11.5 Å². The number of amides is 2. The van der Waals surface area contributed by atoms with E-state index in [0.29, 0.717) is 40.1 Å². The van der Waals surface area contributed by atoms with Crippen LogP contribution < -0.4 is 9.47 Å². The summed E-state index contributed by atoms with van der Waals surface area (Å²) in [5.41, 5.74) is 0.687. The van der Waals surface area contributed by atoms with Crippen molar-refractivity contribution in [3.63, 3.8) is 0 Å². The molecule has 0 N–H and O–H groups in total. The molecular formula is C18H22ClNO4S. The number of benzene rings is 1. The van der Waals surface area contributed by atoms with Gasteiger partial charge in [0.15, 0.2) is 11.5 Å². The van der Waals surface area contributed by atoms with Crippen LogP contribution >= 0.6 is 23.4 Å². The highest BCUT2D eigenvalue weighted by Crippen LogP contribution is 2.39. The Labute approximate surface area is 157 Å². The van der Waals surface area contributed by atoms with Crippen LogP contribution in [0.1, 0.15) is 39.7 Å². The van der Waals surface area contributed by atoms with Crippen LogP contribution in [0.2, 0.25) is 5.02 Å². The van der Waals surface area contributed by atoms with Crippen LogP contribution in [-0.4, -0.2) is 35.3 Å². The molecule has 1 aromatic carbocycles. The number of hydrogen-bond donors (Lipinski definition) is 0. The SMILES string of the molecule is CCCN1C(=O)S/C(=C/c2cc(Cl)c(OC(C)C)c(OCC)c2)C1=O. The molecule has 1 saturated heterocycles. The Kier molecular flexibility index (Phi) is 6.79. The van der Waals surface area contributed by atoms with Gasteiger partial charge in [0.25, 0.3) is 11.1 Å². The number of carbonyl (C=O) groups excluding carboxylic acids is 2. The number of hydrogen-bond acceptors (Lipinski definition) is 5. The van der Waals surface area contributed by atoms with Crippen LogP contribution in [0, 0.1) is 0 Å². The fraction of sp³-hybridized carbons (Fsp3) is 0.444. The van der Waals surface area contributed by atoms with Gasteiger partial charge in [0, 0.05) is 6.54 Å². The van der Waals surface area contributed by atoms with Crippen LogP contribution in [0.3, 0.4) is 0 Å². The molecule has 0 unspecified atom stereocenters. The van der Waals surface area contributed by atoms with Crippen molar-refractivity contribution in [2.75, 3.05) is 13.2 Å². The highest BCUT2D eigenvalue weighted by atomic mass is 35.5. The van der Waals surface area contributed by atoms with E-state index in [9.17, 15) is 9.59 Å². The minimum atomic E-state index is -0.270. The number of carbonyl (C=O) groups is 2. The molecule has 0 bridgehead atoms. The molecule has 1 aliphatic heterocycles. The van der Waals surface area contributed by atoms with Gasteiger partial charge in [0.2, 0.25) is 0 Å². The Hall–Kier alpha value is -1.66. The van der Waals surface area contributed by atoms with E-state index in [1.807, 2.05) is 27.7 Å². The third-order valence-corrected chi connectivity index (χ3v) is 4.49. The van der Waals surface area contributed by atoms with Crippen molar-refractivity contribution in [1.29, 1.82) is 0 Å². The Bertz CT molecular complexity index is 703. The first-order valence-corrected chi connectivity index (χ1v) is 9.45. The second-order valence-corrected chi connectivity index (χ2v) is 7.16. The average Bonchev–Trinajstić information content (AvgIpc) is 2.79. The highest BCUT2D eigenvalue weighted by Gasteiger charge is 2.34. The largest absolute Gasteiger partial charge is 0.490 e. The maximum absolute atomic E-state index is 12.3. The van der Waals surface area contributed by atoms with E-state index >= 15 is 0 Å². The van der Waals surface area contributed by atoms with Gasteiger partial charge in [-0.25, -0.2) is 0 Å². The normalized spacial score (nSPS) is 16.2. The van der Waals surface area contributed by atoms with E-state index in [2.05, 4.69) is 0 Å². The van der Waals surface area contributed by atoms with Crippen LogP contribution in [-0.2, 0) is 4.79 Å². The van der Waals surface area contributed by atoms with Gasteiger partial charge >= 0.3 is 0 Å². The first-order chi connectivity index (χ1) is 11.9. The van der Waals surface area contributed by atoms with E-state index in [4.69, 9.17) is 21.1 Å². The Balaban J connectivity index is 2.37. The summed E-state index contributed by atoms with van der Waals surface area (Å²) in [7, 11) is 0. The summed E-state index contributed by atoms with van der Waals surface area (Å²) in [4.78, 5) is 25.9. The maximum Gasteiger partial charge on any atom is 0.293 e. The van der Waals surface area contributed by atoms with Crippen LogP contribution in [0.4, 0.5) is 4.79 Å². The molecule has 0 saturated carbocycles. The van der Waals surface area contributed by atoms with Crippen molar-refractivity contribution >= 4 is 40.6 Å². The molecule has 0 radical (unpaired) electrons. The molecular weight excluding hydrogens is 362 g/mol. The van der Waals surface area contributed by atoms with E-state index in [1.54, 1.807) is 18.2 Å². The number of ether oxygens (including phenoxy) is 2. The molecule has 7 heteroatoms. The summed E-state index contributed by atoms with van der Waals surface area (Å²) in [6.07, 6.45) is 2.34. The molecule has 0 spiro atoms. The second kappa shape index (κ2) is 8.63. The molecule has 0 aliphatic carbocycles. The first-order valence-electron chi connectivity index (χ1n) is 8.25. The molecule has 1 fully saturated rings. The van der Waals surface area contributed by atoms with E-state index in [0.717, 1.165) is 18.2 Å². The first kappa shape index (κ1) is 19.7. The molecule has 1 heterocycles. The maximum atomic E-state index is 12.3. The fourth-order valence-electron chi connectivity index (χ4n) is 2.35. The lowest BCUT2D eigenvalue weighted by Gasteiger charge is -2.16. The highest BCUT2D eigenvalue weighted by molar-refractivity contribution is 8.18. The van der Waals surface area contributed by atoms with Crippen molar-refractivity contribution in [2.45, 2.75) is 40.2 Å². The summed E-state index contributed by atoms with van der Waals surface area (Å²) in [6, 6.07) is 3.47. The molecule has 1 aliphatic rings. The summed E-state index contributed by atoms with van der Waals surface area (Å²) in [5.74, 6) is 0.728. The van der Waals surface area contributed by atoms with Gasteiger partial charge < -0.3 is 9.47 Å². The van der Waals surface area contributed by atoms with Gasteiger partial charge in [-0.1, -0.05) is 18.5 Å². The Morgan fingerprint density at radius 1 is 1.28 bits per heavy atom. The zero-order valence-corrected chi connectivity index (χ0v) is 16.4. The third kappa shape index (κ3) is 4.70. The van der Waals surface area contributed by atoms with Gasteiger partial charge in [-0.15, -0.1) is 0 Å². The molecule has 0 atom stereocenters. The molecule has 1 aromatic rings. The quantitative estimate of drug-likeness (QED) is 0.622. The summed E-state index contributed by atoms with van der Waals surface area (Å²) in [5, 5.41) is 0.160. The number of thioether (sulfide) groups is 1. The molecule has 2 rings (SSSR count). The summed E-state index contributed by atoms with van der Waals surface area (Å²) < 4.78 is 11.4. The van der Waals surface area contributed by atoms with E-state index < -0.39 is 0 Å². The van der Waals surface area contributed by atoms with Gasteiger partial charge in [-0.05, 0) is 62.7 Å². The number of rotatable bonds is 7. The van der Waals surface area contributed by atoms with Crippen molar-refractivity contribution in [2.24, 2.45) is 0 Å². The van der Waals surface area contributed by atoms with E-state index in [1.165, 1.54) is 4.90 Å². The zero-order chi connectivity index (χ0) is 18.6. The smallest absolute Gasteiger partial charge is 0.293 e. The van der Waals surface area contributed by atoms with Gasteiger partial charge in [-0.2, -0.15) is 0 Å². The number of imide groups is 1. The van der Waals surface area contributed by atoms with Crippen LogP contribution in [0.25, 0.3) is 6.08 Å². The monoisotopic (exact) mass is 383 g/mol. The lowest BCUT2D eigenvalue weighted by Crippen LogP contribution is -2.28. The zero-order valence-electron chi connectivity index (χ0n) is 14.8. The topological polar surface area (TPSA) is 55.8 Å². The van der Waals surface area contributed by atoms with Crippen LogP contribution in [0.15, 0.2) is 17.0 Å². The number of nitrogens with zero attached hydrogens (tertiary/aromatic N) is 1. The Morgan fingerprint density at radius 3 is 2.60 bits per heavy atom. The lowest BCUT2D eigenvalue weighted by atomic mass is 10.1. The minimum Gasteiger partial charge on any atom is -0.490 e. The second-order valence-electron chi connectivity index (χ2n) is 5.76. The van der Waals surface area contributed by atoms with Gasteiger partial charge in [0.1, 0.15) is 0 Å². The van der Waals surface area contributed by atoms with Crippen molar-refractivity contribution < 1.29 is 19.1 Å². The fourth-order valence-corrected chi connectivity index (χ4v) is 3.48. The van der Waals surface area contributed by atoms with E-state index in [-0.39, 0.29) is 17.3 Å². The average molecular weight is 384 g/mol. The molecule has 0 aromatic heterocycles. The standard InChI is InChI=1S/C18H22ClNO4S/c1-5-7-20-17(21)15(25-18(20)22)10-12-8-13(19)16(24-11(3)4)14(9-12)23-6-2/h8-11H,5-7H2,1-4H3/b15-10+. The third-order valence-electron chi connectivity index (χ3n) is 3.30. The predicted octanol–water partition coefficient (Wildman–Crippen LogP) is 4.97. The lowest BCUT2D eigenvalue weighted by molar-refractivity contribution is -0.122. The van der Waals surface area contributed by atoms with Gasteiger partial charge in [-0.3, -0.25) is 14.5 Å².